The molecule has 0 spiro atoms. The van der Waals surface area contributed by atoms with Crippen LogP contribution in [0.25, 0.3) is 0 Å². The molecule has 2 nitrogen and oxygen atoms in total. The standard InChI is InChI=1S/C11H23NOS/c1-10(5-8-14-2)12-9-11(13)6-3-4-7-11/h10,12-13H,3-9H2,1-2H3. The van der Waals surface area contributed by atoms with Gasteiger partial charge in [0.1, 0.15) is 0 Å². The van der Waals surface area contributed by atoms with Crippen LogP contribution in [0.3, 0.4) is 0 Å². The van der Waals surface area contributed by atoms with Gasteiger partial charge in [-0.15, -0.1) is 0 Å². The molecule has 0 amide bonds. The molecule has 1 atom stereocenters. The zero-order valence-electron chi connectivity index (χ0n) is 9.38. The quantitative estimate of drug-likeness (QED) is 0.714. The molecule has 2 N–H and O–H groups in total. The predicted octanol–water partition coefficient (Wildman–Crippen LogP) is 2.02. The Balaban J connectivity index is 2.12. The average molecular weight is 217 g/mol. The van der Waals surface area contributed by atoms with Gasteiger partial charge >= 0.3 is 0 Å². The normalized spacial score (nSPS) is 22.5. The minimum absolute atomic E-state index is 0.395. The van der Waals surface area contributed by atoms with Crippen molar-refractivity contribution in [3.63, 3.8) is 0 Å². The summed E-state index contributed by atoms with van der Waals surface area (Å²) in [6, 6.07) is 0.534. The van der Waals surface area contributed by atoms with Gasteiger partial charge in [0.2, 0.25) is 0 Å². The van der Waals surface area contributed by atoms with Gasteiger partial charge in [0, 0.05) is 12.6 Å². The van der Waals surface area contributed by atoms with Crippen molar-refractivity contribution in [1.29, 1.82) is 0 Å². The highest BCUT2D eigenvalue weighted by Gasteiger charge is 2.30. The summed E-state index contributed by atoms with van der Waals surface area (Å²) >= 11 is 1.88. The maximum absolute atomic E-state index is 10.1. The lowest BCUT2D eigenvalue weighted by molar-refractivity contribution is 0.0453. The summed E-state index contributed by atoms with van der Waals surface area (Å²) in [5, 5.41) is 13.5. The fourth-order valence-electron chi connectivity index (χ4n) is 1.97. The zero-order chi connectivity index (χ0) is 10.4. The van der Waals surface area contributed by atoms with Gasteiger partial charge in [0.25, 0.3) is 0 Å². The van der Waals surface area contributed by atoms with Crippen LogP contribution in [0.2, 0.25) is 0 Å². The molecule has 84 valence electrons. The van der Waals surface area contributed by atoms with E-state index in [4.69, 9.17) is 0 Å². The van der Waals surface area contributed by atoms with Gasteiger partial charge in [-0.05, 0) is 38.2 Å². The Labute approximate surface area is 91.9 Å². The molecule has 0 saturated heterocycles. The van der Waals surface area contributed by atoms with Crippen LogP contribution in [-0.4, -0.2) is 35.3 Å². The van der Waals surface area contributed by atoms with E-state index in [2.05, 4.69) is 18.5 Å². The summed E-state index contributed by atoms with van der Waals surface area (Å²) in [5.74, 6) is 1.20. The molecule has 0 aromatic rings. The first-order chi connectivity index (χ1) is 6.66. The molecule has 0 aromatic carbocycles. The van der Waals surface area contributed by atoms with E-state index >= 15 is 0 Å². The number of thioether (sulfide) groups is 1. The topological polar surface area (TPSA) is 32.3 Å². The van der Waals surface area contributed by atoms with Crippen LogP contribution in [0.5, 0.6) is 0 Å². The van der Waals surface area contributed by atoms with Crippen LogP contribution in [0, 0.1) is 0 Å². The van der Waals surface area contributed by atoms with Crippen molar-refractivity contribution in [3.8, 4) is 0 Å². The van der Waals surface area contributed by atoms with Gasteiger partial charge in [-0.2, -0.15) is 11.8 Å². The van der Waals surface area contributed by atoms with Crippen molar-refractivity contribution in [2.45, 2.75) is 50.7 Å². The molecule has 0 aliphatic heterocycles. The Kier molecular flexibility index (Phi) is 5.28. The Morgan fingerprint density at radius 2 is 2.07 bits per heavy atom. The number of rotatable bonds is 6. The Hall–Kier alpha value is 0.270. The van der Waals surface area contributed by atoms with Crippen molar-refractivity contribution < 1.29 is 5.11 Å². The molecule has 1 aliphatic rings. The Morgan fingerprint density at radius 3 is 2.64 bits per heavy atom. The van der Waals surface area contributed by atoms with Crippen LogP contribution in [-0.2, 0) is 0 Å². The van der Waals surface area contributed by atoms with E-state index in [1.54, 1.807) is 0 Å². The van der Waals surface area contributed by atoms with Crippen molar-refractivity contribution in [2.24, 2.45) is 0 Å². The van der Waals surface area contributed by atoms with Crippen molar-refractivity contribution in [3.05, 3.63) is 0 Å². The molecule has 1 fully saturated rings. The van der Waals surface area contributed by atoms with E-state index < -0.39 is 5.60 Å². The lowest BCUT2D eigenvalue weighted by Crippen LogP contribution is -2.41. The lowest BCUT2D eigenvalue weighted by Gasteiger charge is -2.25. The van der Waals surface area contributed by atoms with Crippen LogP contribution in [0.15, 0.2) is 0 Å². The molecule has 1 saturated carbocycles. The monoisotopic (exact) mass is 217 g/mol. The molecule has 0 radical (unpaired) electrons. The molecule has 1 rings (SSSR count). The first-order valence-electron chi connectivity index (χ1n) is 5.61. The minimum atomic E-state index is -0.395. The summed E-state index contributed by atoms with van der Waals surface area (Å²) in [6.07, 6.45) is 7.67. The van der Waals surface area contributed by atoms with E-state index in [1.807, 2.05) is 11.8 Å². The minimum Gasteiger partial charge on any atom is -0.389 e. The second-order valence-electron chi connectivity index (χ2n) is 4.49. The molecule has 0 bridgehead atoms. The summed E-state index contributed by atoms with van der Waals surface area (Å²) in [7, 11) is 0. The highest BCUT2D eigenvalue weighted by atomic mass is 32.2. The fourth-order valence-corrected chi connectivity index (χ4v) is 2.56. The molecule has 3 heteroatoms. The van der Waals surface area contributed by atoms with Gasteiger partial charge in [0.15, 0.2) is 0 Å². The zero-order valence-corrected chi connectivity index (χ0v) is 10.2. The van der Waals surface area contributed by atoms with E-state index in [1.165, 1.54) is 25.0 Å². The highest BCUT2D eigenvalue weighted by molar-refractivity contribution is 7.98. The third kappa shape index (κ3) is 4.20. The van der Waals surface area contributed by atoms with Gasteiger partial charge < -0.3 is 10.4 Å². The summed E-state index contributed by atoms with van der Waals surface area (Å²) in [5.41, 5.74) is -0.395. The smallest absolute Gasteiger partial charge is 0.0771 e. The molecular weight excluding hydrogens is 194 g/mol. The SMILES string of the molecule is CSCCC(C)NCC1(O)CCCC1. The van der Waals surface area contributed by atoms with E-state index in [9.17, 15) is 5.11 Å². The molecule has 1 aliphatic carbocycles. The number of hydrogen-bond donors (Lipinski definition) is 2. The number of nitrogens with one attached hydrogen (secondary N) is 1. The third-order valence-corrected chi connectivity index (χ3v) is 3.71. The average Bonchev–Trinajstić information content (AvgIpc) is 2.60. The summed E-state index contributed by atoms with van der Waals surface area (Å²) < 4.78 is 0. The van der Waals surface area contributed by atoms with Crippen molar-refractivity contribution in [2.75, 3.05) is 18.6 Å². The summed E-state index contributed by atoms with van der Waals surface area (Å²) in [6.45, 7) is 2.98. The van der Waals surface area contributed by atoms with Crippen LogP contribution in [0.4, 0.5) is 0 Å². The van der Waals surface area contributed by atoms with Gasteiger partial charge in [-0.3, -0.25) is 0 Å². The highest BCUT2D eigenvalue weighted by Crippen LogP contribution is 2.28. The molecule has 0 heterocycles. The molecule has 14 heavy (non-hydrogen) atoms. The summed E-state index contributed by atoms with van der Waals surface area (Å²) in [4.78, 5) is 0. The van der Waals surface area contributed by atoms with Crippen LogP contribution >= 0.6 is 11.8 Å². The lowest BCUT2D eigenvalue weighted by atomic mass is 10.0. The van der Waals surface area contributed by atoms with E-state index in [-0.39, 0.29) is 0 Å². The maximum atomic E-state index is 10.1. The number of hydrogen-bond acceptors (Lipinski definition) is 3. The predicted molar refractivity (Wildman–Crippen MR) is 63.9 cm³/mol. The van der Waals surface area contributed by atoms with Crippen molar-refractivity contribution in [1.82, 2.24) is 5.32 Å². The Morgan fingerprint density at radius 1 is 1.43 bits per heavy atom. The van der Waals surface area contributed by atoms with E-state index in [0.29, 0.717) is 6.04 Å². The Bertz CT molecular complexity index is 157. The second kappa shape index (κ2) is 5.99. The molecular formula is C11H23NOS. The number of aliphatic hydroxyl groups is 1. The first kappa shape index (κ1) is 12.3. The van der Waals surface area contributed by atoms with Crippen LogP contribution in [0.1, 0.15) is 39.0 Å². The largest absolute Gasteiger partial charge is 0.389 e. The van der Waals surface area contributed by atoms with Crippen molar-refractivity contribution >= 4 is 11.8 Å². The third-order valence-electron chi connectivity index (χ3n) is 3.07. The van der Waals surface area contributed by atoms with E-state index in [0.717, 1.165) is 19.4 Å². The molecule has 1 unspecified atom stereocenters. The van der Waals surface area contributed by atoms with Gasteiger partial charge in [-0.25, -0.2) is 0 Å². The van der Waals surface area contributed by atoms with Gasteiger partial charge in [0.05, 0.1) is 5.60 Å². The first-order valence-corrected chi connectivity index (χ1v) is 7.00. The maximum Gasteiger partial charge on any atom is 0.0771 e. The van der Waals surface area contributed by atoms with Gasteiger partial charge in [-0.1, -0.05) is 12.8 Å². The fraction of sp³-hybridized carbons (Fsp3) is 1.00. The molecule has 0 aromatic heterocycles. The van der Waals surface area contributed by atoms with Crippen LogP contribution < -0.4 is 5.32 Å². The second-order valence-corrected chi connectivity index (χ2v) is 5.48.